The lowest BCUT2D eigenvalue weighted by atomic mass is 10.0. The van der Waals surface area contributed by atoms with Crippen LogP contribution < -0.4 is 10.6 Å². The van der Waals surface area contributed by atoms with Gasteiger partial charge in [0.2, 0.25) is 0 Å². The molecule has 0 aliphatic carbocycles. The van der Waals surface area contributed by atoms with Gasteiger partial charge in [-0.3, -0.25) is 4.79 Å². The normalized spacial score (nSPS) is 15.3. The van der Waals surface area contributed by atoms with Crippen LogP contribution in [0.4, 0.5) is 0 Å². The fourth-order valence-electron chi connectivity index (χ4n) is 3.45. The Labute approximate surface area is 152 Å². The van der Waals surface area contributed by atoms with Crippen molar-refractivity contribution in [3.05, 3.63) is 48.2 Å². The monoisotopic (exact) mass is 349 g/mol. The molecule has 134 valence electrons. The molecule has 3 aromatic rings. The highest BCUT2D eigenvalue weighted by molar-refractivity contribution is 6.06. The molecule has 0 radical (unpaired) electrons. The van der Waals surface area contributed by atoms with Crippen LogP contribution in [0, 0.1) is 0 Å². The Hall–Kier alpha value is -2.73. The van der Waals surface area contributed by atoms with Crippen molar-refractivity contribution in [1.29, 1.82) is 0 Å². The molecule has 0 atom stereocenters. The number of rotatable bonds is 4. The third-order valence-electron chi connectivity index (χ3n) is 4.90. The first kappa shape index (κ1) is 16.7. The largest absolute Gasteiger partial charge is 0.349 e. The molecule has 1 aliphatic rings. The van der Waals surface area contributed by atoms with Gasteiger partial charge in [0.15, 0.2) is 5.65 Å². The van der Waals surface area contributed by atoms with Gasteiger partial charge in [-0.25, -0.2) is 9.67 Å². The Morgan fingerprint density at radius 1 is 1.27 bits per heavy atom. The summed E-state index contributed by atoms with van der Waals surface area (Å²) in [7, 11) is 0. The molecule has 1 aliphatic heterocycles. The molecule has 4 rings (SSSR count). The Bertz CT molecular complexity index is 913. The van der Waals surface area contributed by atoms with Crippen molar-refractivity contribution in [2.75, 3.05) is 13.1 Å². The first-order chi connectivity index (χ1) is 12.8. The summed E-state index contributed by atoms with van der Waals surface area (Å²) in [6.07, 6.45) is 3.66. The summed E-state index contributed by atoms with van der Waals surface area (Å²) >= 11 is 0. The summed E-state index contributed by atoms with van der Waals surface area (Å²) in [4.78, 5) is 17.8. The summed E-state index contributed by atoms with van der Waals surface area (Å²) < 4.78 is 1.84. The number of fused-ring (bicyclic) bond motifs is 1. The van der Waals surface area contributed by atoms with Crippen molar-refractivity contribution in [3.63, 3.8) is 0 Å². The number of piperidine rings is 1. The van der Waals surface area contributed by atoms with Crippen LogP contribution in [-0.4, -0.2) is 39.8 Å². The first-order valence-electron chi connectivity index (χ1n) is 9.20. The number of aromatic nitrogens is 3. The van der Waals surface area contributed by atoms with Gasteiger partial charge in [-0.2, -0.15) is 5.10 Å². The number of nitrogens with one attached hydrogen (secondary N) is 2. The second kappa shape index (κ2) is 7.25. The predicted molar refractivity (Wildman–Crippen MR) is 102 cm³/mol. The zero-order chi connectivity index (χ0) is 17.9. The van der Waals surface area contributed by atoms with Crippen LogP contribution in [0.2, 0.25) is 0 Å². The van der Waals surface area contributed by atoms with E-state index >= 15 is 0 Å². The van der Waals surface area contributed by atoms with Gasteiger partial charge in [0.25, 0.3) is 5.91 Å². The topological polar surface area (TPSA) is 71.8 Å². The van der Waals surface area contributed by atoms with Crippen LogP contribution in [0.5, 0.6) is 0 Å². The molecule has 6 nitrogen and oxygen atoms in total. The molecule has 1 amide bonds. The molecule has 1 aromatic carbocycles. The van der Waals surface area contributed by atoms with Crippen LogP contribution in [0.3, 0.4) is 0 Å². The van der Waals surface area contributed by atoms with Crippen LogP contribution in [0.1, 0.15) is 30.1 Å². The molecule has 0 spiro atoms. The van der Waals surface area contributed by atoms with Gasteiger partial charge in [0.05, 0.1) is 22.8 Å². The number of pyridine rings is 1. The van der Waals surface area contributed by atoms with Crippen molar-refractivity contribution in [1.82, 2.24) is 25.4 Å². The van der Waals surface area contributed by atoms with Crippen molar-refractivity contribution >= 4 is 16.9 Å². The highest BCUT2D eigenvalue weighted by Crippen LogP contribution is 2.25. The smallest absolute Gasteiger partial charge is 0.252 e. The Morgan fingerprint density at radius 3 is 2.77 bits per heavy atom. The Kier molecular flexibility index (Phi) is 4.67. The summed E-state index contributed by atoms with van der Waals surface area (Å²) in [6.45, 7) is 4.63. The van der Waals surface area contributed by atoms with E-state index in [1.807, 2.05) is 48.0 Å². The Morgan fingerprint density at radius 2 is 2.04 bits per heavy atom. The summed E-state index contributed by atoms with van der Waals surface area (Å²) in [5, 5.41) is 11.7. The predicted octanol–water partition coefficient (Wildman–Crippen LogP) is 2.60. The van der Waals surface area contributed by atoms with Crippen LogP contribution in [0.25, 0.3) is 22.3 Å². The van der Waals surface area contributed by atoms with E-state index in [0.717, 1.165) is 48.2 Å². The summed E-state index contributed by atoms with van der Waals surface area (Å²) in [6, 6.07) is 12.1. The van der Waals surface area contributed by atoms with Gasteiger partial charge in [-0.1, -0.05) is 30.3 Å². The van der Waals surface area contributed by atoms with Gasteiger partial charge in [0, 0.05) is 18.2 Å². The van der Waals surface area contributed by atoms with E-state index in [1.54, 1.807) is 6.20 Å². The maximum absolute atomic E-state index is 13.0. The molecule has 26 heavy (non-hydrogen) atoms. The summed E-state index contributed by atoms with van der Waals surface area (Å²) in [5.41, 5.74) is 3.19. The fraction of sp³-hybridized carbons (Fsp3) is 0.350. The first-order valence-corrected chi connectivity index (χ1v) is 9.20. The Balaban J connectivity index is 1.76. The average molecular weight is 349 g/mol. The van der Waals surface area contributed by atoms with Gasteiger partial charge < -0.3 is 10.6 Å². The average Bonchev–Trinajstić information content (AvgIpc) is 3.11. The molecule has 2 aromatic heterocycles. The molecule has 1 fully saturated rings. The number of carbonyl (C=O) groups excluding carboxylic acids is 1. The minimum atomic E-state index is -0.0443. The minimum absolute atomic E-state index is 0.0443. The van der Waals surface area contributed by atoms with Crippen LogP contribution in [0.15, 0.2) is 42.6 Å². The van der Waals surface area contributed by atoms with Crippen LogP contribution in [-0.2, 0) is 6.54 Å². The zero-order valence-corrected chi connectivity index (χ0v) is 14.9. The number of aryl methyl sites for hydroxylation is 1. The van der Waals surface area contributed by atoms with Crippen molar-refractivity contribution in [2.24, 2.45) is 0 Å². The highest BCUT2D eigenvalue weighted by atomic mass is 16.1. The van der Waals surface area contributed by atoms with Gasteiger partial charge in [-0.15, -0.1) is 0 Å². The van der Waals surface area contributed by atoms with Gasteiger partial charge >= 0.3 is 0 Å². The van der Waals surface area contributed by atoms with Gasteiger partial charge in [0.1, 0.15) is 0 Å². The van der Waals surface area contributed by atoms with E-state index in [9.17, 15) is 4.79 Å². The van der Waals surface area contributed by atoms with Crippen LogP contribution >= 0.6 is 0 Å². The van der Waals surface area contributed by atoms with E-state index in [1.165, 1.54) is 0 Å². The second-order valence-corrected chi connectivity index (χ2v) is 6.62. The molecule has 0 unspecified atom stereocenters. The fourth-order valence-corrected chi connectivity index (χ4v) is 3.45. The van der Waals surface area contributed by atoms with E-state index in [-0.39, 0.29) is 11.9 Å². The molecular formula is C20H23N5O. The minimum Gasteiger partial charge on any atom is -0.349 e. The van der Waals surface area contributed by atoms with Crippen molar-refractivity contribution < 1.29 is 4.79 Å². The molecule has 2 N–H and O–H groups in total. The SMILES string of the molecule is CCn1ncc2c(C(=O)NC3CCNCC3)cc(-c3ccccc3)nc21. The zero-order valence-electron chi connectivity index (χ0n) is 14.9. The molecule has 3 heterocycles. The van der Waals surface area contributed by atoms with E-state index in [2.05, 4.69) is 15.7 Å². The number of nitrogens with zero attached hydrogens (tertiary/aromatic N) is 3. The van der Waals surface area contributed by atoms with Crippen molar-refractivity contribution in [2.45, 2.75) is 32.4 Å². The van der Waals surface area contributed by atoms with E-state index in [0.29, 0.717) is 12.1 Å². The molecule has 0 saturated carbocycles. The number of amides is 1. The summed E-state index contributed by atoms with van der Waals surface area (Å²) in [5.74, 6) is -0.0443. The maximum Gasteiger partial charge on any atom is 0.252 e. The van der Waals surface area contributed by atoms with E-state index in [4.69, 9.17) is 4.98 Å². The van der Waals surface area contributed by atoms with Gasteiger partial charge in [-0.05, 0) is 38.9 Å². The lowest BCUT2D eigenvalue weighted by Crippen LogP contribution is -2.42. The van der Waals surface area contributed by atoms with Crippen molar-refractivity contribution in [3.8, 4) is 11.3 Å². The standard InChI is InChI=1S/C20H23N5O/c1-2-25-19-17(13-22-25)16(20(26)23-15-8-10-21-11-9-15)12-18(24-19)14-6-4-3-5-7-14/h3-7,12-13,15,21H,2,8-11H2,1H3,(H,23,26). The lowest BCUT2D eigenvalue weighted by Gasteiger charge is -2.23. The lowest BCUT2D eigenvalue weighted by molar-refractivity contribution is 0.0931. The quantitative estimate of drug-likeness (QED) is 0.759. The second-order valence-electron chi connectivity index (χ2n) is 6.62. The number of hydrogen-bond donors (Lipinski definition) is 2. The third-order valence-corrected chi connectivity index (χ3v) is 4.90. The highest BCUT2D eigenvalue weighted by Gasteiger charge is 2.21. The molecule has 0 bridgehead atoms. The number of benzene rings is 1. The molecular weight excluding hydrogens is 326 g/mol. The molecule has 1 saturated heterocycles. The number of hydrogen-bond acceptors (Lipinski definition) is 4. The maximum atomic E-state index is 13.0. The third kappa shape index (κ3) is 3.20. The molecule has 6 heteroatoms. The number of carbonyl (C=O) groups is 1. The van der Waals surface area contributed by atoms with E-state index < -0.39 is 0 Å².